The standard InChI is InChI=1S/C22H31NO4/c1-14-9-8-12-22(3,4)19(14)17(24)13-15(2)18(21(26)27-23)20(25)16-10-6-5-7-11-16/h5-7,10-11,14-15,18-19H,8-9,12-13,23H2,1-4H3/t14?,15?,18-,19?/m1/s1. The third-order valence-corrected chi connectivity index (χ3v) is 6.04. The Balaban J connectivity index is 2.20. The molecule has 4 atom stereocenters. The number of ketones is 2. The van der Waals surface area contributed by atoms with Crippen LogP contribution in [0.4, 0.5) is 0 Å². The second kappa shape index (κ2) is 8.79. The Hall–Kier alpha value is -2.01. The van der Waals surface area contributed by atoms with E-state index in [0.717, 1.165) is 19.3 Å². The van der Waals surface area contributed by atoms with E-state index in [9.17, 15) is 14.4 Å². The fourth-order valence-corrected chi connectivity index (χ4v) is 4.74. The molecule has 5 nitrogen and oxygen atoms in total. The predicted molar refractivity (Wildman–Crippen MR) is 104 cm³/mol. The Morgan fingerprint density at radius 3 is 2.41 bits per heavy atom. The van der Waals surface area contributed by atoms with Crippen molar-refractivity contribution in [2.24, 2.45) is 35.0 Å². The van der Waals surface area contributed by atoms with Crippen LogP contribution < -0.4 is 5.90 Å². The molecule has 1 fully saturated rings. The van der Waals surface area contributed by atoms with Crippen molar-refractivity contribution in [2.45, 2.75) is 53.4 Å². The summed E-state index contributed by atoms with van der Waals surface area (Å²) in [5, 5.41) is 0. The number of Topliss-reactive ketones (excluding diaryl/α,β-unsaturated/α-hetero) is 2. The van der Waals surface area contributed by atoms with Crippen LogP contribution in [0.2, 0.25) is 0 Å². The molecule has 0 amide bonds. The van der Waals surface area contributed by atoms with Crippen LogP contribution in [0.1, 0.15) is 63.7 Å². The second-order valence-electron chi connectivity index (χ2n) is 8.63. The Morgan fingerprint density at radius 1 is 1.22 bits per heavy atom. The predicted octanol–water partition coefficient (Wildman–Crippen LogP) is 3.96. The maximum atomic E-state index is 13.1. The Kier molecular flexibility index (Phi) is 6.93. The monoisotopic (exact) mass is 373 g/mol. The molecule has 27 heavy (non-hydrogen) atoms. The van der Waals surface area contributed by atoms with Gasteiger partial charge in [0.05, 0.1) is 0 Å². The van der Waals surface area contributed by atoms with E-state index >= 15 is 0 Å². The molecule has 1 aliphatic rings. The molecule has 0 aromatic heterocycles. The minimum Gasteiger partial charge on any atom is -0.373 e. The summed E-state index contributed by atoms with van der Waals surface area (Å²) < 4.78 is 0. The van der Waals surface area contributed by atoms with Crippen LogP contribution in [0.25, 0.3) is 0 Å². The number of rotatable bonds is 7. The van der Waals surface area contributed by atoms with Gasteiger partial charge >= 0.3 is 5.97 Å². The lowest BCUT2D eigenvalue weighted by molar-refractivity contribution is -0.149. The smallest absolute Gasteiger partial charge is 0.335 e. The maximum absolute atomic E-state index is 13.1. The van der Waals surface area contributed by atoms with Gasteiger partial charge in [-0.15, -0.1) is 0 Å². The van der Waals surface area contributed by atoms with Gasteiger partial charge in [0, 0.05) is 17.9 Å². The van der Waals surface area contributed by atoms with E-state index in [2.05, 4.69) is 25.6 Å². The van der Waals surface area contributed by atoms with Crippen molar-refractivity contribution in [1.82, 2.24) is 0 Å². The van der Waals surface area contributed by atoms with E-state index in [1.54, 1.807) is 37.3 Å². The van der Waals surface area contributed by atoms with E-state index in [-0.39, 0.29) is 29.3 Å². The van der Waals surface area contributed by atoms with Gasteiger partial charge in [0.1, 0.15) is 11.7 Å². The molecule has 0 heterocycles. The zero-order chi connectivity index (χ0) is 20.2. The molecular weight excluding hydrogens is 342 g/mol. The largest absolute Gasteiger partial charge is 0.373 e. The summed E-state index contributed by atoms with van der Waals surface area (Å²) in [5.74, 6) is 2.73. The molecule has 2 N–H and O–H groups in total. The summed E-state index contributed by atoms with van der Waals surface area (Å²) in [6.07, 6.45) is 3.34. The van der Waals surface area contributed by atoms with Crippen molar-refractivity contribution < 1.29 is 19.2 Å². The number of nitrogens with two attached hydrogens (primary N) is 1. The molecule has 0 saturated heterocycles. The van der Waals surface area contributed by atoms with Gasteiger partial charge in [-0.2, -0.15) is 5.90 Å². The highest BCUT2D eigenvalue weighted by molar-refractivity contribution is 6.09. The van der Waals surface area contributed by atoms with Crippen molar-refractivity contribution in [2.75, 3.05) is 0 Å². The van der Waals surface area contributed by atoms with E-state index in [1.165, 1.54) is 0 Å². The van der Waals surface area contributed by atoms with Crippen LogP contribution >= 0.6 is 0 Å². The van der Waals surface area contributed by atoms with Gasteiger partial charge in [-0.1, -0.05) is 64.4 Å². The minimum atomic E-state index is -1.08. The summed E-state index contributed by atoms with van der Waals surface area (Å²) >= 11 is 0. The van der Waals surface area contributed by atoms with Gasteiger partial charge in [0.2, 0.25) is 0 Å². The molecule has 0 aliphatic heterocycles. The highest BCUT2D eigenvalue weighted by Gasteiger charge is 2.43. The Bertz CT molecular complexity index is 683. The molecule has 3 unspecified atom stereocenters. The molecule has 1 aliphatic carbocycles. The SMILES string of the molecule is CC1CCCC(C)(C)C1C(=O)CC(C)[C@@H](C(=O)ON)C(=O)c1ccccc1. The molecular formula is C22H31NO4. The lowest BCUT2D eigenvalue weighted by Crippen LogP contribution is -2.41. The topological polar surface area (TPSA) is 86.5 Å². The first kappa shape index (κ1) is 21.3. The lowest BCUT2D eigenvalue weighted by atomic mass is 9.61. The van der Waals surface area contributed by atoms with Crippen LogP contribution in [-0.2, 0) is 14.4 Å². The summed E-state index contributed by atoms with van der Waals surface area (Å²) in [6, 6.07) is 8.58. The fraction of sp³-hybridized carbons (Fsp3) is 0.591. The average molecular weight is 373 g/mol. The highest BCUT2D eigenvalue weighted by Crippen LogP contribution is 2.45. The maximum Gasteiger partial charge on any atom is 0.335 e. The fourth-order valence-electron chi connectivity index (χ4n) is 4.74. The lowest BCUT2D eigenvalue weighted by Gasteiger charge is -2.42. The van der Waals surface area contributed by atoms with Crippen LogP contribution in [-0.4, -0.2) is 17.5 Å². The molecule has 5 heteroatoms. The van der Waals surface area contributed by atoms with Crippen molar-refractivity contribution in [3.8, 4) is 0 Å². The van der Waals surface area contributed by atoms with Gasteiger partial charge in [-0.3, -0.25) is 9.59 Å². The first-order valence-corrected chi connectivity index (χ1v) is 9.71. The normalized spacial score (nSPS) is 23.9. The number of benzene rings is 1. The Labute approximate surface area is 161 Å². The average Bonchev–Trinajstić information content (AvgIpc) is 2.61. The van der Waals surface area contributed by atoms with Crippen LogP contribution in [0.3, 0.4) is 0 Å². The van der Waals surface area contributed by atoms with E-state index in [1.807, 2.05) is 0 Å². The minimum absolute atomic E-state index is 0.0601. The summed E-state index contributed by atoms with van der Waals surface area (Å²) in [5.41, 5.74) is 0.348. The highest BCUT2D eigenvalue weighted by atomic mass is 16.7. The van der Waals surface area contributed by atoms with E-state index < -0.39 is 17.8 Å². The van der Waals surface area contributed by atoms with Crippen LogP contribution in [0.15, 0.2) is 30.3 Å². The van der Waals surface area contributed by atoms with Crippen molar-refractivity contribution in [1.29, 1.82) is 0 Å². The third kappa shape index (κ3) is 4.83. The molecule has 2 rings (SSSR count). The summed E-state index contributed by atoms with van der Waals surface area (Å²) in [6.45, 7) is 8.14. The van der Waals surface area contributed by atoms with Gasteiger partial charge < -0.3 is 4.84 Å². The number of hydrogen-bond acceptors (Lipinski definition) is 5. The van der Waals surface area contributed by atoms with E-state index in [0.29, 0.717) is 11.5 Å². The molecule has 1 aromatic rings. The molecule has 0 radical (unpaired) electrons. The third-order valence-electron chi connectivity index (χ3n) is 6.04. The van der Waals surface area contributed by atoms with Crippen LogP contribution in [0, 0.1) is 29.1 Å². The molecule has 0 bridgehead atoms. The number of carbonyl (C=O) groups is 3. The molecule has 1 saturated carbocycles. The van der Waals surface area contributed by atoms with Crippen molar-refractivity contribution >= 4 is 17.5 Å². The molecule has 1 aromatic carbocycles. The zero-order valence-electron chi connectivity index (χ0n) is 16.7. The van der Waals surface area contributed by atoms with Gasteiger partial charge in [0.25, 0.3) is 0 Å². The van der Waals surface area contributed by atoms with Crippen LogP contribution in [0.5, 0.6) is 0 Å². The first-order valence-electron chi connectivity index (χ1n) is 9.71. The summed E-state index contributed by atoms with van der Waals surface area (Å²) in [7, 11) is 0. The zero-order valence-corrected chi connectivity index (χ0v) is 16.7. The quantitative estimate of drug-likeness (QED) is 0.444. The van der Waals surface area contributed by atoms with Gasteiger partial charge in [-0.05, 0) is 30.1 Å². The molecule has 148 valence electrons. The number of carbonyl (C=O) groups excluding carboxylic acids is 3. The second-order valence-corrected chi connectivity index (χ2v) is 8.63. The first-order chi connectivity index (χ1) is 12.7. The van der Waals surface area contributed by atoms with Crippen molar-refractivity contribution in [3.05, 3.63) is 35.9 Å². The molecule has 0 spiro atoms. The van der Waals surface area contributed by atoms with Gasteiger partial charge in [-0.25, -0.2) is 4.79 Å². The Morgan fingerprint density at radius 2 is 1.85 bits per heavy atom. The number of hydrogen-bond donors (Lipinski definition) is 1. The van der Waals surface area contributed by atoms with Crippen molar-refractivity contribution in [3.63, 3.8) is 0 Å². The summed E-state index contributed by atoms with van der Waals surface area (Å²) in [4.78, 5) is 42.6. The van der Waals surface area contributed by atoms with E-state index in [4.69, 9.17) is 5.90 Å². The van der Waals surface area contributed by atoms with Gasteiger partial charge in [0.15, 0.2) is 5.78 Å².